The van der Waals surface area contributed by atoms with Crippen molar-refractivity contribution >= 4 is 11.3 Å². The summed E-state index contributed by atoms with van der Waals surface area (Å²) in [5.74, 6) is 0.863. The second kappa shape index (κ2) is 5.78. The Morgan fingerprint density at radius 2 is 2.44 bits per heavy atom. The van der Waals surface area contributed by atoms with Gasteiger partial charge < -0.3 is 0 Å². The van der Waals surface area contributed by atoms with Crippen LogP contribution in [0.25, 0.3) is 0 Å². The van der Waals surface area contributed by atoms with E-state index in [0.29, 0.717) is 0 Å². The molecule has 2 rings (SSSR count). The molecule has 1 aromatic rings. The molecule has 0 bridgehead atoms. The first-order valence-corrected chi connectivity index (χ1v) is 7.31. The van der Waals surface area contributed by atoms with Crippen LogP contribution in [0.1, 0.15) is 43.8 Å². The molecule has 0 unspecified atom stereocenters. The molecule has 0 aliphatic carbocycles. The quantitative estimate of drug-likeness (QED) is 0.800. The van der Waals surface area contributed by atoms with Gasteiger partial charge in [0, 0.05) is 18.5 Å². The van der Waals surface area contributed by atoms with E-state index in [1.165, 1.54) is 43.1 Å². The van der Waals surface area contributed by atoms with Crippen molar-refractivity contribution in [2.75, 3.05) is 13.1 Å². The largest absolute Gasteiger partial charge is 0.297 e. The number of nitrogens with zero attached hydrogens (tertiary/aromatic N) is 2. The van der Waals surface area contributed by atoms with Crippen molar-refractivity contribution in [1.82, 2.24) is 9.88 Å². The molecule has 0 amide bonds. The molecule has 0 aromatic carbocycles. The molecule has 0 radical (unpaired) electrons. The first kappa shape index (κ1) is 12.1. The van der Waals surface area contributed by atoms with Gasteiger partial charge in [-0.3, -0.25) is 4.90 Å². The highest BCUT2D eigenvalue weighted by Gasteiger charge is 2.17. The van der Waals surface area contributed by atoms with Gasteiger partial charge in [0.15, 0.2) is 0 Å². The summed E-state index contributed by atoms with van der Waals surface area (Å²) < 4.78 is 0. The van der Waals surface area contributed by atoms with E-state index in [-0.39, 0.29) is 0 Å². The highest BCUT2D eigenvalue weighted by Crippen LogP contribution is 2.19. The minimum absolute atomic E-state index is 0.863. The molecule has 2 nitrogen and oxygen atoms in total. The van der Waals surface area contributed by atoms with Crippen LogP contribution in [0.3, 0.4) is 0 Å². The smallest absolute Gasteiger partial charge is 0.0928 e. The number of aromatic nitrogens is 1. The first-order valence-electron chi connectivity index (χ1n) is 6.43. The molecule has 90 valence electrons. The van der Waals surface area contributed by atoms with Crippen LogP contribution in [0.4, 0.5) is 0 Å². The molecule has 16 heavy (non-hydrogen) atoms. The molecule has 0 spiro atoms. The number of aryl methyl sites for hydroxylation is 1. The van der Waals surface area contributed by atoms with Crippen molar-refractivity contribution in [2.24, 2.45) is 5.92 Å². The van der Waals surface area contributed by atoms with Crippen LogP contribution in [0, 0.1) is 5.92 Å². The highest BCUT2D eigenvalue weighted by atomic mass is 32.1. The molecule has 1 aliphatic heterocycles. The summed E-state index contributed by atoms with van der Waals surface area (Å²) in [7, 11) is 0. The molecule has 3 heteroatoms. The maximum atomic E-state index is 4.70. The second-order valence-electron chi connectivity index (χ2n) is 4.97. The second-order valence-corrected chi connectivity index (χ2v) is 5.91. The normalized spacial score (nSPS) is 22.5. The van der Waals surface area contributed by atoms with Gasteiger partial charge in [0.1, 0.15) is 0 Å². The molecular weight excluding hydrogens is 216 g/mol. The van der Waals surface area contributed by atoms with E-state index in [1.54, 1.807) is 0 Å². The van der Waals surface area contributed by atoms with Gasteiger partial charge in [0.05, 0.1) is 10.7 Å². The lowest BCUT2D eigenvalue weighted by Gasteiger charge is -2.30. The first-order chi connectivity index (χ1) is 7.78. The van der Waals surface area contributed by atoms with E-state index in [2.05, 4.69) is 24.1 Å². The lowest BCUT2D eigenvalue weighted by molar-refractivity contribution is 0.175. The van der Waals surface area contributed by atoms with Gasteiger partial charge in [0.2, 0.25) is 0 Å². The Bertz CT molecular complexity index is 321. The molecule has 0 N–H and O–H groups in total. The summed E-state index contributed by atoms with van der Waals surface area (Å²) in [5, 5.41) is 3.55. The molecule has 1 aromatic heterocycles. The van der Waals surface area contributed by atoms with Gasteiger partial charge in [-0.2, -0.15) is 0 Å². The average molecular weight is 238 g/mol. The van der Waals surface area contributed by atoms with Crippen molar-refractivity contribution < 1.29 is 0 Å². The lowest BCUT2D eigenvalue weighted by atomic mass is 10.0. The number of thiazole rings is 1. The van der Waals surface area contributed by atoms with E-state index >= 15 is 0 Å². The fourth-order valence-corrected chi connectivity index (χ4v) is 3.30. The Kier molecular flexibility index (Phi) is 4.36. The predicted octanol–water partition coefficient (Wildman–Crippen LogP) is 3.33. The summed E-state index contributed by atoms with van der Waals surface area (Å²) in [6.07, 6.45) is 5.09. The van der Waals surface area contributed by atoms with Crippen LogP contribution >= 0.6 is 11.3 Å². The van der Waals surface area contributed by atoms with Gasteiger partial charge >= 0.3 is 0 Å². The van der Waals surface area contributed by atoms with Crippen molar-refractivity contribution in [3.05, 3.63) is 16.1 Å². The number of piperidine rings is 1. The predicted molar refractivity (Wildman–Crippen MR) is 69.8 cm³/mol. The third kappa shape index (κ3) is 3.29. The van der Waals surface area contributed by atoms with E-state index in [9.17, 15) is 0 Å². The molecule has 0 saturated carbocycles. The minimum Gasteiger partial charge on any atom is -0.297 e. The van der Waals surface area contributed by atoms with Crippen LogP contribution < -0.4 is 0 Å². The third-order valence-corrected chi connectivity index (χ3v) is 4.15. The Balaban J connectivity index is 1.87. The zero-order valence-corrected chi connectivity index (χ0v) is 11.2. The summed E-state index contributed by atoms with van der Waals surface area (Å²) >= 11 is 1.83. The van der Waals surface area contributed by atoms with Crippen molar-refractivity contribution in [3.8, 4) is 0 Å². The zero-order chi connectivity index (χ0) is 11.4. The van der Waals surface area contributed by atoms with Crippen LogP contribution in [0.2, 0.25) is 0 Å². The summed E-state index contributed by atoms with van der Waals surface area (Å²) in [5.41, 5.74) is 1.28. The van der Waals surface area contributed by atoms with Gasteiger partial charge in [-0.05, 0) is 38.1 Å². The molecular formula is C13H22N2S. The van der Waals surface area contributed by atoms with E-state index in [0.717, 1.165) is 18.9 Å². The summed E-state index contributed by atoms with van der Waals surface area (Å²) in [4.78, 5) is 7.25. The highest BCUT2D eigenvalue weighted by molar-refractivity contribution is 7.09. The molecule has 1 atom stereocenters. The Labute approximate surface area is 103 Å². The number of rotatable bonds is 4. The standard InChI is InChI=1S/C13H22N2S/c1-3-5-13-14-12(10-16-13)9-15-7-4-6-11(2)8-15/h10-11H,3-9H2,1-2H3/t11-/m1/s1. The van der Waals surface area contributed by atoms with Crippen LogP contribution in [0.15, 0.2) is 5.38 Å². The van der Waals surface area contributed by atoms with Gasteiger partial charge in [-0.15, -0.1) is 11.3 Å². The fraction of sp³-hybridized carbons (Fsp3) is 0.769. The Hall–Kier alpha value is -0.410. The SMILES string of the molecule is CCCc1nc(CN2CCC[C@@H](C)C2)cs1. The topological polar surface area (TPSA) is 16.1 Å². The molecule has 1 aliphatic rings. The summed E-state index contributed by atoms with van der Waals surface area (Å²) in [6, 6.07) is 0. The van der Waals surface area contributed by atoms with Crippen molar-refractivity contribution in [2.45, 2.75) is 46.1 Å². The van der Waals surface area contributed by atoms with Crippen molar-refractivity contribution in [1.29, 1.82) is 0 Å². The van der Waals surface area contributed by atoms with Gasteiger partial charge in [-0.25, -0.2) is 4.98 Å². The van der Waals surface area contributed by atoms with Gasteiger partial charge in [0.25, 0.3) is 0 Å². The minimum atomic E-state index is 0.863. The fourth-order valence-electron chi connectivity index (χ4n) is 2.41. The summed E-state index contributed by atoms with van der Waals surface area (Å²) in [6.45, 7) is 8.14. The van der Waals surface area contributed by atoms with Gasteiger partial charge in [-0.1, -0.05) is 13.8 Å². The van der Waals surface area contributed by atoms with E-state index < -0.39 is 0 Å². The molecule has 1 fully saturated rings. The number of hydrogen-bond donors (Lipinski definition) is 0. The lowest BCUT2D eigenvalue weighted by Crippen LogP contribution is -2.33. The molecule has 2 heterocycles. The van der Waals surface area contributed by atoms with Crippen molar-refractivity contribution in [3.63, 3.8) is 0 Å². The number of likely N-dealkylation sites (tertiary alicyclic amines) is 1. The monoisotopic (exact) mass is 238 g/mol. The molecule has 1 saturated heterocycles. The van der Waals surface area contributed by atoms with Crippen LogP contribution in [-0.4, -0.2) is 23.0 Å². The zero-order valence-electron chi connectivity index (χ0n) is 10.4. The Morgan fingerprint density at radius 1 is 1.56 bits per heavy atom. The van der Waals surface area contributed by atoms with E-state index in [4.69, 9.17) is 4.98 Å². The average Bonchev–Trinajstić information content (AvgIpc) is 2.66. The number of hydrogen-bond acceptors (Lipinski definition) is 3. The van der Waals surface area contributed by atoms with Crippen LogP contribution in [0.5, 0.6) is 0 Å². The Morgan fingerprint density at radius 3 is 3.19 bits per heavy atom. The maximum absolute atomic E-state index is 4.70. The maximum Gasteiger partial charge on any atom is 0.0928 e. The van der Waals surface area contributed by atoms with Crippen LogP contribution in [-0.2, 0) is 13.0 Å². The van der Waals surface area contributed by atoms with E-state index in [1.807, 2.05) is 11.3 Å². The third-order valence-electron chi connectivity index (χ3n) is 3.19.